The summed E-state index contributed by atoms with van der Waals surface area (Å²) in [6, 6.07) is 0. The molecule has 0 bridgehead atoms. The van der Waals surface area contributed by atoms with Gasteiger partial charge >= 0.3 is 6.09 Å². The summed E-state index contributed by atoms with van der Waals surface area (Å²) in [4.78, 5) is 10.6. The summed E-state index contributed by atoms with van der Waals surface area (Å²) in [6.07, 6.45) is -1.28. The molecule has 0 aliphatic rings. The number of hydrogen-bond donors (Lipinski definition) is 3. The third-order valence-corrected chi connectivity index (χ3v) is 0.837. The second-order valence-corrected chi connectivity index (χ2v) is 2.10. The summed E-state index contributed by atoms with van der Waals surface area (Å²) in [6.45, 7) is 1.53. The molecule has 1 amide bonds. The van der Waals surface area contributed by atoms with Gasteiger partial charge in [-0.3, -0.25) is 0 Å². The van der Waals surface area contributed by atoms with E-state index in [0.717, 1.165) is 0 Å². The number of alkyl carbamates (subject to hydrolysis) is 1. The van der Waals surface area contributed by atoms with Crippen molar-refractivity contribution in [3.8, 4) is 0 Å². The van der Waals surface area contributed by atoms with Crippen molar-refractivity contribution in [2.75, 3.05) is 19.8 Å². The number of rotatable bonds is 4. The molecular weight excluding hydrogens is 150 g/mol. The first-order chi connectivity index (χ1) is 5.16. The lowest BCUT2D eigenvalue weighted by Crippen LogP contribution is -2.29. The Kier molecular flexibility index (Phi) is 5.50. The van der Waals surface area contributed by atoms with E-state index in [-0.39, 0.29) is 19.8 Å². The van der Waals surface area contributed by atoms with Crippen LogP contribution in [0.1, 0.15) is 6.92 Å². The second-order valence-electron chi connectivity index (χ2n) is 2.10. The molecule has 0 aromatic rings. The van der Waals surface area contributed by atoms with Crippen LogP contribution in [0.15, 0.2) is 0 Å². The molecule has 0 unspecified atom stereocenters. The van der Waals surface area contributed by atoms with Crippen molar-refractivity contribution in [2.45, 2.75) is 13.0 Å². The van der Waals surface area contributed by atoms with Crippen LogP contribution in [0.3, 0.4) is 0 Å². The van der Waals surface area contributed by atoms with Gasteiger partial charge < -0.3 is 20.3 Å². The maximum Gasteiger partial charge on any atom is 0.407 e. The predicted molar refractivity (Wildman–Crippen MR) is 38.1 cm³/mol. The number of aliphatic hydroxyl groups is 2. The van der Waals surface area contributed by atoms with Crippen molar-refractivity contribution in [2.24, 2.45) is 0 Å². The molecule has 3 N–H and O–H groups in total. The zero-order valence-corrected chi connectivity index (χ0v) is 6.41. The van der Waals surface area contributed by atoms with Crippen LogP contribution in [-0.4, -0.2) is 42.2 Å². The van der Waals surface area contributed by atoms with E-state index >= 15 is 0 Å². The normalized spacial score (nSPS) is 12.3. The SMILES string of the molecule is C[C@@H](O)COC(=O)NCCO. The highest BCUT2D eigenvalue weighted by Gasteiger charge is 2.01. The number of carbonyl (C=O) groups is 1. The Balaban J connectivity index is 3.23. The van der Waals surface area contributed by atoms with Gasteiger partial charge in [-0.1, -0.05) is 0 Å². The van der Waals surface area contributed by atoms with Gasteiger partial charge in [0.2, 0.25) is 0 Å². The highest BCUT2D eigenvalue weighted by atomic mass is 16.6. The summed E-state index contributed by atoms with van der Waals surface area (Å²) < 4.78 is 4.49. The van der Waals surface area contributed by atoms with Crippen molar-refractivity contribution >= 4 is 6.09 Å². The number of aliphatic hydroxyl groups excluding tert-OH is 2. The zero-order valence-electron chi connectivity index (χ0n) is 6.41. The predicted octanol–water partition coefficient (Wildman–Crippen LogP) is -0.914. The van der Waals surface area contributed by atoms with Gasteiger partial charge in [-0.2, -0.15) is 0 Å². The molecule has 0 aliphatic carbocycles. The maximum absolute atomic E-state index is 10.6. The largest absolute Gasteiger partial charge is 0.447 e. The highest BCUT2D eigenvalue weighted by Crippen LogP contribution is 1.82. The van der Waals surface area contributed by atoms with E-state index in [1.165, 1.54) is 6.92 Å². The second kappa shape index (κ2) is 5.94. The lowest BCUT2D eigenvalue weighted by molar-refractivity contribution is 0.0773. The molecular formula is C6H13NO4. The van der Waals surface area contributed by atoms with Crippen molar-refractivity contribution in [1.29, 1.82) is 0 Å². The van der Waals surface area contributed by atoms with Crippen molar-refractivity contribution in [1.82, 2.24) is 5.32 Å². The number of nitrogens with one attached hydrogen (secondary N) is 1. The van der Waals surface area contributed by atoms with Crippen LogP contribution in [-0.2, 0) is 4.74 Å². The minimum Gasteiger partial charge on any atom is -0.447 e. The Morgan fingerprint density at radius 3 is 2.82 bits per heavy atom. The third kappa shape index (κ3) is 7.08. The van der Waals surface area contributed by atoms with Gasteiger partial charge in [0.25, 0.3) is 0 Å². The first-order valence-electron chi connectivity index (χ1n) is 3.36. The monoisotopic (exact) mass is 163 g/mol. The summed E-state index contributed by atoms with van der Waals surface area (Å²) in [5, 5.41) is 19.2. The Bertz CT molecular complexity index is 115. The molecule has 0 fully saturated rings. The Morgan fingerprint density at radius 1 is 1.73 bits per heavy atom. The maximum atomic E-state index is 10.6. The summed E-state index contributed by atoms with van der Waals surface area (Å²) in [5.41, 5.74) is 0. The number of ether oxygens (including phenoxy) is 1. The van der Waals surface area contributed by atoms with E-state index < -0.39 is 12.2 Å². The molecule has 0 saturated heterocycles. The Labute approximate surface area is 65.0 Å². The average molecular weight is 163 g/mol. The first-order valence-corrected chi connectivity index (χ1v) is 3.36. The fraction of sp³-hybridized carbons (Fsp3) is 0.833. The van der Waals surface area contributed by atoms with E-state index in [4.69, 9.17) is 10.2 Å². The highest BCUT2D eigenvalue weighted by molar-refractivity contribution is 5.67. The molecule has 1 atom stereocenters. The molecule has 0 radical (unpaired) electrons. The molecule has 0 heterocycles. The van der Waals surface area contributed by atoms with Crippen molar-refractivity contribution < 1.29 is 19.7 Å². The summed E-state index contributed by atoms with van der Waals surface area (Å²) in [7, 11) is 0. The molecule has 0 rings (SSSR count). The van der Waals surface area contributed by atoms with Crippen LogP contribution in [0.4, 0.5) is 4.79 Å². The van der Waals surface area contributed by atoms with Crippen molar-refractivity contribution in [3.05, 3.63) is 0 Å². The molecule has 0 spiro atoms. The average Bonchev–Trinajstić information content (AvgIpc) is 1.97. The van der Waals surface area contributed by atoms with Crippen LogP contribution in [0.25, 0.3) is 0 Å². The number of carbonyl (C=O) groups excluding carboxylic acids is 1. The lowest BCUT2D eigenvalue weighted by Gasteiger charge is -2.06. The van der Waals surface area contributed by atoms with Crippen molar-refractivity contribution in [3.63, 3.8) is 0 Å². The fourth-order valence-corrected chi connectivity index (χ4v) is 0.405. The van der Waals surface area contributed by atoms with Crippen LogP contribution < -0.4 is 5.32 Å². The van der Waals surface area contributed by atoms with Gasteiger partial charge in [0, 0.05) is 6.54 Å². The van der Waals surface area contributed by atoms with E-state index in [2.05, 4.69) is 10.1 Å². The molecule has 5 nitrogen and oxygen atoms in total. The zero-order chi connectivity index (χ0) is 8.69. The molecule has 0 aromatic carbocycles. The molecule has 0 saturated carbocycles. The van der Waals surface area contributed by atoms with Gasteiger partial charge in [0.05, 0.1) is 12.7 Å². The molecule has 66 valence electrons. The Hall–Kier alpha value is -0.810. The number of amides is 1. The van der Waals surface area contributed by atoms with E-state index in [1.807, 2.05) is 0 Å². The minimum atomic E-state index is -0.658. The van der Waals surface area contributed by atoms with Gasteiger partial charge in [0.1, 0.15) is 6.61 Å². The van der Waals surface area contributed by atoms with Gasteiger partial charge in [-0.25, -0.2) is 4.79 Å². The van der Waals surface area contributed by atoms with Crippen LogP contribution in [0.5, 0.6) is 0 Å². The smallest absolute Gasteiger partial charge is 0.407 e. The molecule has 5 heteroatoms. The summed E-state index contributed by atoms with van der Waals surface area (Å²) >= 11 is 0. The topological polar surface area (TPSA) is 78.8 Å². The first kappa shape index (κ1) is 10.2. The molecule has 11 heavy (non-hydrogen) atoms. The standard InChI is InChI=1S/C6H13NO4/c1-5(9)4-11-6(10)7-2-3-8/h5,8-9H,2-4H2,1H3,(H,7,10)/t5-/m1/s1. The molecule has 0 aromatic heterocycles. The third-order valence-electron chi connectivity index (χ3n) is 0.837. The van der Waals surface area contributed by atoms with Gasteiger partial charge in [0.15, 0.2) is 0 Å². The minimum absolute atomic E-state index is 0.0305. The lowest BCUT2D eigenvalue weighted by atomic mass is 10.4. The van der Waals surface area contributed by atoms with Crippen LogP contribution in [0, 0.1) is 0 Å². The number of hydrogen-bond acceptors (Lipinski definition) is 4. The molecule has 0 aliphatic heterocycles. The van der Waals surface area contributed by atoms with Crippen LogP contribution in [0.2, 0.25) is 0 Å². The van der Waals surface area contributed by atoms with Crippen LogP contribution >= 0.6 is 0 Å². The fourth-order valence-electron chi connectivity index (χ4n) is 0.405. The quantitative estimate of drug-likeness (QED) is 0.501. The van der Waals surface area contributed by atoms with E-state index in [9.17, 15) is 4.79 Å². The van der Waals surface area contributed by atoms with E-state index in [1.54, 1.807) is 0 Å². The van der Waals surface area contributed by atoms with Gasteiger partial charge in [-0.05, 0) is 6.92 Å². The van der Waals surface area contributed by atoms with Gasteiger partial charge in [-0.15, -0.1) is 0 Å². The summed E-state index contributed by atoms with van der Waals surface area (Å²) in [5.74, 6) is 0. The van der Waals surface area contributed by atoms with E-state index in [0.29, 0.717) is 0 Å². The Morgan fingerprint density at radius 2 is 2.36 bits per heavy atom.